The summed E-state index contributed by atoms with van der Waals surface area (Å²) in [6.45, 7) is 4.88. The van der Waals surface area contributed by atoms with Crippen molar-refractivity contribution in [3.8, 4) is 11.5 Å². The van der Waals surface area contributed by atoms with E-state index < -0.39 is 0 Å². The third-order valence-electron chi connectivity index (χ3n) is 5.74. The summed E-state index contributed by atoms with van der Waals surface area (Å²) in [6, 6.07) is 14.8. The second-order valence-electron chi connectivity index (χ2n) is 8.59. The lowest BCUT2D eigenvalue weighted by atomic mass is 9.73. The molecule has 2 N–H and O–H groups in total. The molecule has 1 aliphatic heterocycles. The Bertz CT molecular complexity index is 990. The molecule has 2 unspecified atom stereocenters. The lowest BCUT2D eigenvalue weighted by molar-refractivity contribution is -0.122. The van der Waals surface area contributed by atoms with Crippen molar-refractivity contribution >= 4 is 11.7 Å². The van der Waals surface area contributed by atoms with Crippen LogP contribution in [0.15, 0.2) is 59.8 Å². The van der Waals surface area contributed by atoms with E-state index in [2.05, 4.69) is 19.2 Å². The number of phenols is 1. The largest absolute Gasteiger partial charge is 0.508 e. The summed E-state index contributed by atoms with van der Waals surface area (Å²) < 4.78 is 5.75. The Morgan fingerprint density at radius 3 is 2.50 bits per heavy atom. The van der Waals surface area contributed by atoms with Crippen LogP contribution in [0, 0.1) is 5.92 Å². The summed E-state index contributed by atoms with van der Waals surface area (Å²) in [5.74, 6) is 1.12. The van der Waals surface area contributed by atoms with Crippen LogP contribution in [-0.4, -0.2) is 23.4 Å². The van der Waals surface area contributed by atoms with Crippen molar-refractivity contribution in [2.75, 3.05) is 6.61 Å². The second-order valence-corrected chi connectivity index (χ2v) is 8.59. The predicted octanol–water partition coefficient (Wildman–Crippen LogP) is 4.43. The predicted molar refractivity (Wildman–Crippen MR) is 114 cm³/mol. The van der Waals surface area contributed by atoms with Gasteiger partial charge in [-0.25, -0.2) is 0 Å². The number of hydrogen-bond donors (Lipinski definition) is 2. The zero-order valence-electron chi connectivity index (χ0n) is 17.4. The first kappa shape index (κ1) is 20.2. The monoisotopic (exact) mass is 405 g/mol. The van der Waals surface area contributed by atoms with Gasteiger partial charge in [-0.3, -0.25) is 9.59 Å². The van der Waals surface area contributed by atoms with Gasteiger partial charge >= 0.3 is 0 Å². The van der Waals surface area contributed by atoms with E-state index in [0.29, 0.717) is 30.9 Å². The topological polar surface area (TPSA) is 75.6 Å². The molecule has 0 saturated heterocycles. The van der Waals surface area contributed by atoms with Gasteiger partial charge in [-0.1, -0.05) is 38.1 Å². The SMILES string of the molecule is CC(C)COc1ccc(C2CC(=O)C3=C(C2)NC(=O)CC3c2cccc(O)c2)cc1. The molecule has 0 spiro atoms. The van der Waals surface area contributed by atoms with Gasteiger partial charge in [0.2, 0.25) is 5.91 Å². The molecule has 5 heteroatoms. The second kappa shape index (κ2) is 8.34. The van der Waals surface area contributed by atoms with Gasteiger partial charge in [0.05, 0.1) is 6.61 Å². The highest BCUT2D eigenvalue weighted by molar-refractivity contribution is 6.02. The van der Waals surface area contributed by atoms with E-state index in [1.54, 1.807) is 18.2 Å². The minimum absolute atomic E-state index is 0.0265. The fraction of sp³-hybridized carbons (Fsp3) is 0.360. The number of ether oxygens (including phenoxy) is 1. The molecular weight excluding hydrogens is 378 g/mol. The van der Waals surface area contributed by atoms with Crippen LogP contribution >= 0.6 is 0 Å². The van der Waals surface area contributed by atoms with Crippen LogP contribution < -0.4 is 10.1 Å². The molecule has 1 amide bonds. The van der Waals surface area contributed by atoms with E-state index in [0.717, 1.165) is 22.6 Å². The number of Topliss-reactive ketones (excluding diaryl/α,β-unsaturated/α-hetero) is 1. The zero-order valence-corrected chi connectivity index (χ0v) is 17.4. The molecule has 1 aliphatic carbocycles. The van der Waals surface area contributed by atoms with Crippen LogP contribution in [-0.2, 0) is 9.59 Å². The highest BCUT2D eigenvalue weighted by Crippen LogP contribution is 2.43. The van der Waals surface area contributed by atoms with Gasteiger partial charge in [-0.05, 0) is 53.6 Å². The molecule has 4 rings (SSSR count). The Morgan fingerprint density at radius 2 is 1.80 bits per heavy atom. The summed E-state index contributed by atoms with van der Waals surface area (Å²) >= 11 is 0. The molecular formula is C25H27NO4. The molecule has 0 bridgehead atoms. The number of nitrogens with one attached hydrogen (secondary N) is 1. The Hall–Kier alpha value is -3.08. The number of rotatable bonds is 5. The summed E-state index contributed by atoms with van der Waals surface area (Å²) in [7, 11) is 0. The molecule has 2 atom stereocenters. The third-order valence-corrected chi connectivity index (χ3v) is 5.74. The minimum atomic E-state index is -0.305. The molecule has 2 aromatic rings. The molecule has 2 aliphatic rings. The van der Waals surface area contributed by atoms with Crippen molar-refractivity contribution in [1.82, 2.24) is 5.32 Å². The molecule has 0 aromatic heterocycles. The number of phenolic OH excluding ortho intramolecular Hbond substituents is 1. The smallest absolute Gasteiger partial charge is 0.225 e. The van der Waals surface area contributed by atoms with E-state index in [1.165, 1.54) is 0 Å². The molecule has 156 valence electrons. The van der Waals surface area contributed by atoms with E-state index in [-0.39, 0.29) is 35.7 Å². The Labute approximate surface area is 176 Å². The normalized spacial score (nSPS) is 21.4. The Morgan fingerprint density at radius 1 is 1.03 bits per heavy atom. The zero-order chi connectivity index (χ0) is 21.3. The summed E-state index contributed by atoms with van der Waals surface area (Å²) in [5.41, 5.74) is 3.28. The maximum absolute atomic E-state index is 13.1. The maximum Gasteiger partial charge on any atom is 0.225 e. The van der Waals surface area contributed by atoms with Crippen LogP contribution in [0.4, 0.5) is 0 Å². The number of ketones is 1. The number of carbonyl (C=O) groups is 2. The Balaban J connectivity index is 1.58. The van der Waals surface area contributed by atoms with Crippen molar-refractivity contribution < 1.29 is 19.4 Å². The van der Waals surface area contributed by atoms with Gasteiger partial charge in [-0.15, -0.1) is 0 Å². The number of amides is 1. The fourth-order valence-corrected chi connectivity index (χ4v) is 4.32. The van der Waals surface area contributed by atoms with Gasteiger partial charge in [-0.2, -0.15) is 0 Å². The third kappa shape index (κ3) is 4.25. The average Bonchev–Trinajstić information content (AvgIpc) is 2.71. The van der Waals surface area contributed by atoms with Crippen LogP contribution in [0.25, 0.3) is 0 Å². The van der Waals surface area contributed by atoms with E-state index in [9.17, 15) is 14.7 Å². The first-order valence-electron chi connectivity index (χ1n) is 10.5. The first-order chi connectivity index (χ1) is 14.4. The van der Waals surface area contributed by atoms with E-state index in [4.69, 9.17) is 4.74 Å². The van der Waals surface area contributed by atoms with Crippen molar-refractivity contribution in [3.63, 3.8) is 0 Å². The van der Waals surface area contributed by atoms with Crippen LogP contribution in [0.1, 0.15) is 56.1 Å². The quantitative estimate of drug-likeness (QED) is 0.772. The van der Waals surface area contributed by atoms with Crippen LogP contribution in [0.3, 0.4) is 0 Å². The number of hydrogen-bond acceptors (Lipinski definition) is 4. The van der Waals surface area contributed by atoms with Crippen LogP contribution in [0.5, 0.6) is 11.5 Å². The lowest BCUT2D eigenvalue weighted by Crippen LogP contribution is -2.38. The first-order valence-corrected chi connectivity index (χ1v) is 10.5. The molecule has 0 saturated carbocycles. The number of aromatic hydroxyl groups is 1. The highest BCUT2D eigenvalue weighted by Gasteiger charge is 2.38. The lowest BCUT2D eigenvalue weighted by Gasteiger charge is -2.34. The molecule has 5 nitrogen and oxygen atoms in total. The maximum atomic E-state index is 13.1. The molecule has 0 radical (unpaired) electrons. The Kier molecular flexibility index (Phi) is 5.62. The molecule has 30 heavy (non-hydrogen) atoms. The highest BCUT2D eigenvalue weighted by atomic mass is 16.5. The number of benzene rings is 2. The number of carbonyl (C=O) groups excluding carboxylic acids is 2. The van der Waals surface area contributed by atoms with E-state index in [1.807, 2.05) is 30.3 Å². The van der Waals surface area contributed by atoms with Crippen molar-refractivity contribution in [2.24, 2.45) is 5.92 Å². The van der Waals surface area contributed by atoms with Crippen molar-refractivity contribution in [2.45, 2.75) is 44.9 Å². The van der Waals surface area contributed by atoms with E-state index >= 15 is 0 Å². The molecule has 2 aromatic carbocycles. The van der Waals surface area contributed by atoms with Gasteiger partial charge in [0.25, 0.3) is 0 Å². The molecule has 1 heterocycles. The van der Waals surface area contributed by atoms with Gasteiger partial charge in [0, 0.05) is 30.0 Å². The summed E-state index contributed by atoms with van der Waals surface area (Å²) in [6.07, 6.45) is 1.26. The minimum Gasteiger partial charge on any atom is -0.508 e. The van der Waals surface area contributed by atoms with Gasteiger partial charge in [0.1, 0.15) is 11.5 Å². The van der Waals surface area contributed by atoms with Crippen LogP contribution in [0.2, 0.25) is 0 Å². The van der Waals surface area contributed by atoms with Crippen molar-refractivity contribution in [3.05, 3.63) is 70.9 Å². The van der Waals surface area contributed by atoms with Crippen molar-refractivity contribution in [1.29, 1.82) is 0 Å². The van der Waals surface area contributed by atoms with Gasteiger partial charge < -0.3 is 15.2 Å². The fourth-order valence-electron chi connectivity index (χ4n) is 4.32. The van der Waals surface area contributed by atoms with Gasteiger partial charge in [0.15, 0.2) is 5.78 Å². The summed E-state index contributed by atoms with van der Waals surface area (Å²) in [5, 5.41) is 12.8. The standard InChI is InChI=1S/C25H27NO4/c1-15(2)14-30-20-8-6-16(7-9-20)18-11-22-25(23(28)12-18)21(13-24(29)26-22)17-4-3-5-19(27)10-17/h3-10,15,18,21,27H,11-14H2,1-2H3,(H,26,29). The summed E-state index contributed by atoms with van der Waals surface area (Å²) in [4.78, 5) is 25.5. The molecule has 0 fully saturated rings. The number of allylic oxidation sites excluding steroid dienone is 2. The average molecular weight is 405 g/mol.